The zero-order valence-electron chi connectivity index (χ0n) is 10.1. The second-order valence-corrected chi connectivity index (χ2v) is 4.99. The lowest BCUT2D eigenvalue weighted by molar-refractivity contribution is -0.150. The average molecular weight is 290 g/mol. The Bertz CT molecular complexity index is 629. The van der Waals surface area contributed by atoms with Crippen LogP contribution in [0.5, 0.6) is 0 Å². The first-order valence-electron chi connectivity index (χ1n) is 5.64. The third-order valence-corrected chi connectivity index (χ3v) is 3.61. The smallest absolute Gasteiger partial charge is 0.322 e. The van der Waals surface area contributed by atoms with Crippen LogP contribution in [0.15, 0.2) is 41.8 Å². The zero-order chi connectivity index (χ0) is 14.7. The summed E-state index contributed by atoms with van der Waals surface area (Å²) in [4.78, 5) is 34.4. The molecule has 0 saturated carbocycles. The highest BCUT2D eigenvalue weighted by Crippen LogP contribution is 2.20. The van der Waals surface area contributed by atoms with E-state index in [9.17, 15) is 14.4 Å². The summed E-state index contributed by atoms with van der Waals surface area (Å²) >= 11 is 1.31. The van der Waals surface area contributed by atoms with Gasteiger partial charge in [0.15, 0.2) is 5.92 Å². The van der Waals surface area contributed by atoms with Crippen LogP contribution in [-0.2, 0) is 9.59 Å². The van der Waals surface area contributed by atoms with Crippen molar-refractivity contribution in [3.63, 3.8) is 0 Å². The molecule has 2 N–H and O–H groups in total. The van der Waals surface area contributed by atoms with Crippen LogP contribution in [0.4, 0.5) is 0 Å². The Morgan fingerprint density at radius 1 is 0.950 bits per heavy atom. The maximum Gasteiger partial charge on any atom is 0.322 e. The minimum absolute atomic E-state index is 0.132. The van der Waals surface area contributed by atoms with Crippen molar-refractivity contribution in [3.8, 4) is 0 Å². The normalized spacial score (nSPS) is 10.4. The van der Waals surface area contributed by atoms with E-state index in [0.29, 0.717) is 10.4 Å². The number of hydrogen-bond acceptors (Lipinski definition) is 4. The Labute approximate surface area is 118 Å². The predicted molar refractivity (Wildman–Crippen MR) is 72.2 cm³/mol. The van der Waals surface area contributed by atoms with Crippen LogP contribution in [0.3, 0.4) is 0 Å². The molecule has 5 nitrogen and oxygen atoms in total. The number of thiophene rings is 1. The molecule has 0 saturated heterocycles. The minimum atomic E-state index is -1.62. The van der Waals surface area contributed by atoms with Gasteiger partial charge in [-0.1, -0.05) is 30.3 Å². The van der Waals surface area contributed by atoms with Crippen LogP contribution in [0.25, 0.3) is 0 Å². The van der Waals surface area contributed by atoms with Gasteiger partial charge in [0.25, 0.3) is 0 Å². The Morgan fingerprint density at radius 2 is 1.55 bits per heavy atom. The molecule has 0 aliphatic carbocycles. The van der Waals surface area contributed by atoms with Gasteiger partial charge in [-0.3, -0.25) is 14.4 Å². The lowest BCUT2D eigenvalue weighted by Crippen LogP contribution is -2.21. The van der Waals surface area contributed by atoms with Crippen LogP contribution < -0.4 is 0 Å². The molecule has 2 rings (SSSR count). The molecular weight excluding hydrogens is 280 g/mol. The molecule has 0 atom stereocenters. The van der Waals surface area contributed by atoms with E-state index in [4.69, 9.17) is 10.2 Å². The Balaban J connectivity index is 2.28. The van der Waals surface area contributed by atoms with Crippen molar-refractivity contribution >= 4 is 29.1 Å². The predicted octanol–water partition coefficient (Wildman–Crippen LogP) is 2.23. The third-order valence-electron chi connectivity index (χ3n) is 2.75. The molecule has 0 fully saturated rings. The minimum Gasteiger partial charge on any atom is -0.480 e. The summed E-state index contributed by atoms with van der Waals surface area (Å²) in [5, 5.41) is 19.5. The Morgan fingerprint density at radius 3 is 2.00 bits per heavy atom. The van der Waals surface area contributed by atoms with Crippen molar-refractivity contribution < 1.29 is 24.6 Å². The maximum atomic E-state index is 12.0. The van der Waals surface area contributed by atoms with Gasteiger partial charge in [0.05, 0.1) is 4.88 Å². The van der Waals surface area contributed by atoms with Crippen molar-refractivity contribution in [2.75, 3.05) is 0 Å². The SMILES string of the molecule is O=C(c1ccc(C(C(=O)O)C(=O)O)cc1)c1cccs1. The third kappa shape index (κ3) is 2.75. The van der Waals surface area contributed by atoms with Gasteiger partial charge < -0.3 is 10.2 Å². The summed E-state index contributed by atoms with van der Waals surface area (Å²) in [7, 11) is 0. The van der Waals surface area contributed by atoms with Crippen LogP contribution in [0.1, 0.15) is 26.7 Å². The Hall–Kier alpha value is -2.47. The molecule has 0 aliphatic heterocycles. The van der Waals surface area contributed by atoms with Crippen molar-refractivity contribution in [2.24, 2.45) is 0 Å². The highest BCUT2D eigenvalue weighted by molar-refractivity contribution is 7.12. The molecule has 2 aromatic rings. The summed E-state index contributed by atoms with van der Waals surface area (Å²) in [6, 6.07) is 9.05. The van der Waals surface area contributed by atoms with Crippen molar-refractivity contribution in [2.45, 2.75) is 5.92 Å². The summed E-state index contributed by atoms with van der Waals surface area (Å²) in [6.45, 7) is 0. The summed E-state index contributed by atoms with van der Waals surface area (Å²) < 4.78 is 0. The first kappa shape index (κ1) is 14.0. The average Bonchev–Trinajstić information content (AvgIpc) is 2.91. The lowest BCUT2D eigenvalue weighted by Gasteiger charge is -2.08. The van der Waals surface area contributed by atoms with Crippen molar-refractivity contribution in [3.05, 3.63) is 57.8 Å². The van der Waals surface area contributed by atoms with E-state index in [1.165, 1.54) is 35.6 Å². The molecule has 0 amide bonds. The first-order valence-corrected chi connectivity index (χ1v) is 6.52. The monoisotopic (exact) mass is 290 g/mol. The van der Waals surface area contributed by atoms with Gasteiger partial charge in [0.1, 0.15) is 0 Å². The number of rotatable bonds is 5. The van der Waals surface area contributed by atoms with Crippen molar-refractivity contribution in [1.82, 2.24) is 0 Å². The highest BCUT2D eigenvalue weighted by Gasteiger charge is 2.27. The number of carbonyl (C=O) groups excluding carboxylic acids is 1. The van der Waals surface area contributed by atoms with Crippen LogP contribution in [0, 0.1) is 0 Å². The second kappa shape index (κ2) is 5.66. The van der Waals surface area contributed by atoms with Crippen LogP contribution in [-0.4, -0.2) is 27.9 Å². The molecule has 0 bridgehead atoms. The number of carboxylic acid groups (broad SMARTS) is 2. The molecule has 20 heavy (non-hydrogen) atoms. The number of aliphatic carboxylic acids is 2. The quantitative estimate of drug-likeness (QED) is 0.651. The maximum absolute atomic E-state index is 12.0. The first-order chi connectivity index (χ1) is 9.50. The van der Waals surface area contributed by atoms with E-state index in [1.54, 1.807) is 17.5 Å². The van der Waals surface area contributed by atoms with Gasteiger partial charge in [-0.05, 0) is 17.0 Å². The van der Waals surface area contributed by atoms with Crippen molar-refractivity contribution in [1.29, 1.82) is 0 Å². The molecule has 102 valence electrons. The van der Waals surface area contributed by atoms with Gasteiger partial charge in [-0.25, -0.2) is 0 Å². The number of benzene rings is 1. The summed E-state index contributed by atoms with van der Waals surface area (Å²) in [5.41, 5.74) is 0.526. The van der Waals surface area contributed by atoms with Gasteiger partial charge in [0, 0.05) is 5.56 Å². The number of carboxylic acids is 2. The van der Waals surface area contributed by atoms with Gasteiger partial charge >= 0.3 is 11.9 Å². The van der Waals surface area contributed by atoms with E-state index in [1.807, 2.05) is 0 Å². The fourth-order valence-corrected chi connectivity index (χ4v) is 2.45. The fraction of sp³-hybridized carbons (Fsp3) is 0.0714. The van der Waals surface area contributed by atoms with Gasteiger partial charge in [-0.2, -0.15) is 0 Å². The number of hydrogen-bond donors (Lipinski definition) is 2. The van der Waals surface area contributed by atoms with E-state index >= 15 is 0 Å². The van der Waals surface area contributed by atoms with E-state index in [2.05, 4.69) is 0 Å². The Kier molecular flexibility index (Phi) is 3.95. The molecule has 1 aromatic carbocycles. The standard InChI is InChI=1S/C14H10O5S/c15-12(10-2-1-7-20-10)9-5-3-8(4-6-9)11(13(16)17)14(18)19/h1-7,11H,(H,16,17)(H,18,19). The summed E-state index contributed by atoms with van der Waals surface area (Å²) in [5.74, 6) is -4.67. The molecule has 0 unspecified atom stereocenters. The van der Waals surface area contributed by atoms with Gasteiger partial charge in [-0.15, -0.1) is 11.3 Å². The highest BCUT2D eigenvalue weighted by atomic mass is 32.1. The number of ketones is 1. The van der Waals surface area contributed by atoms with Gasteiger partial charge in [0.2, 0.25) is 5.78 Å². The fourth-order valence-electron chi connectivity index (χ4n) is 1.77. The topological polar surface area (TPSA) is 91.7 Å². The molecular formula is C14H10O5S. The summed E-state index contributed by atoms with van der Waals surface area (Å²) in [6.07, 6.45) is 0. The van der Waals surface area contributed by atoms with E-state index in [0.717, 1.165) is 0 Å². The van der Waals surface area contributed by atoms with Crippen LogP contribution in [0.2, 0.25) is 0 Å². The number of carbonyl (C=O) groups is 3. The van der Waals surface area contributed by atoms with Crippen LogP contribution >= 0.6 is 11.3 Å². The molecule has 1 aromatic heterocycles. The molecule has 6 heteroatoms. The molecule has 0 radical (unpaired) electrons. The molecule has 0 aliphatic rings. The second-order valence-electron chi connectivity index (χ2n) is 4.04. The lowest BCUT2D eigenvalue weighted by atomic mass is 9.97. The largest absolute Gasteiger partial charge is 0.480 e. The molecule has 0 spiro atoms. The zero-order valence-corrected chi connectivity index (χ0v) is 11.0. The van der Waals surface area contributed by atoms with E-state index in [-0.39, 0.29) is 11.3 Å². The molecule has 1 heterocycles. The van der Waals surface area contributed by atoms with E-state index < -0.39 is 17.9 Å².